The molecule has 16 heavy (non-hydrogen) atoms. The third kappa shape index (κ3) is 3.01. The van der Waals surface area contributed by atoms with Crippen LogP contribution in [-0.4, -0.2) is 7.11 Å². The molecule has 0 aliphatic carbocycles. The molecule has 1 N–H and O–H groups in total. The Morgan fingerprint density at radius 1 is 1.44 bits per heavy atom. The number of methoxy groups -OCH3 is 1. The molecule has 0 fully saturated rings. The monoisotopic (exact) mass is 277 g/mol. The van der Waals surface area contributed by atoms with E-state index in [0.717, 1.165) is 4.47 Å². The lowest BCUT2D eigenvalue weighted by Crippen LogP contribution is -1.94. The fourth-order valence-electron chi connectivity index (χ4n) is 1.02. The third-order valence-electron chi connectivity index (χ3n) is 1.78. The average Bonchev–Trinajstić information content (AvgIpc) is 2.31. The summed E-state index contributed by atoms with van der Waals surface area (Å²) < 4.78 is 6.03. The number of nitrogens with zero attached hydrogens (tertiary/aromatic N) is 2. The molecule has 0 heterocycles. The fraction of sp³-hybridized carbons (Fsp3) is 0.0909. The van der Waals surface area contributed by atoms with Crippen molar-refractivity contribution in [3.05, 3.63) is 34.4 Å². The molecule has 0 aromatic heterocycles. The molecule has 5 heteroatoms. The molecule has 1 aromatic rings. The van der Waals surface area contributed by atoms with E-state index < -0.39 is 0 Å². The Hall–Kier alpha value is -1.98. The number of hydrogen-bond donors (Lipinski definition) is 1. The lowest BCUT2D eigenvalue weighted by atomic mass is 10.3. The number of nitrogens with one attached hydrogen (secondary N) is 1. The van der Waals surface area contributed by atoms with Gasteiger partial charge in [0.1, 0.15) is 23.5 Å². The minimum atomic E-state index is 0.00460. The molecule has 0 atom stereocenters. The van der Waals surface area contributed by atoms with Crippen LogP contribution >= 0.6 is 15.9 Å². The van der Waals surface area contributed by atoms with E-state index in [0.29, 0.717) is 11.4 Å². The van der Waals surface area contributed by atoms with E-state index in [-0.39, 0.29) is 5.57 Å². The predicted molar refractivity (Wildman–Crippen MR) is 63.6 cm³/mol. The van der Waals surface area contributed by atoms with Gasteiger partial charge in [-0.1, -0.05) is 15.9 Å². The van der Waals surface area contributed by atoms with Crippen LogP contribution in [-0.2, 0) is 0 Å². The van der Waals surface area contributed by atoms with Gasteiger partial charge in [0, 0.05) is 10.7 Å². The zero-order chi connectivity index (χ0) is 12.0. The van der Waals surface area contributed by atoms with Crippen molar-refractivity contribution in [2.75, 3.05) is 12.4 Å². The van der Waals surface area contributed by atoms with Crippen LogP contribution < -0.4 is 10.1 Å². The van der Waals surface area contributed by atoms with Crippen molar-refractivity contribution in [1.82, 2.24) is 0 Å². The highest BCUT2D eigenvalue weighted by atomic mass is 79.9. The molecular formula is C11H8BrN3O. The summed E-state index contributed by atoms with van der Waals surface area (Å²) in [5.74, 6) is 0.626. The van der Waals surface area contributed by atoms with Gasteiger partial charge < -0.3 is 10.1 Å². The van der Waals surface area contributed by atoms with Crippen molar-refractivity contribution >= 4 is 21.6 Å². The van der Waals surface area contributed by atoms with Crippen molar-refractivity contribution in [2.45, 2.75) is 0 Å². The van der Waals surface area contributed by atoms with E-state index in [1.165, 1.54) is 6.20 Å². The van der Waals surface area contributed by atoms with Crippen molar-refractivity contribution in [3.8, 4) is 17.9 Å². The van der Waals surface area contributed by atoms with Gasteiger partial charge in [0.15, 0.2) is 0 Å². The van der Waals surface area contributed by atoms with Crippen LogP contribution in [0, 0.1) is 22.7 Å². The van der Waals surface area contributed by atoms with E-state index in [9.17, 15) is 0 Å². The number of nitriles is 2. The molecule has 80 valence electrons. The summed E-state index contributed by atoms with van der Waals surface area (Å²) in [7, 11) is 1.55. The first-order valence-corrected chi connectivity index (χ1v) is 5.11. The topological polar surface area (TPSA) is 68.8 Å². The zero-order valence-corrected chi connectivity index (χ0v) is 10.1. The van der Waals surface area contributed by atoms with Crippen LogP contribution in [0.1, 0.15) is 0 Å². The maximum absolute atomic E-state index is 8.56. The second-order valence-corrected chi connectivity index (χ2v) is 3.69. The van der Waals surface area contributed by atoms with Crippen LogP contribution in [0.3, 0.4) is 0 Å². The Bertz CT molecular complexity index is 481. The van der Waals surface area contributed by atoms with Crippen molar-refractivity contribution < 1.29 is 4.74 Å². The summed E-state index contributed by atoms with van der Waals surface area (Å²) in [6.45, 7) is 0. The molecule has 0 spiro atoms. The normalized spacial score (nSPS) is 8.50. The van der Waals surface area contributed by atoms with E-state index in [1.807, 2.05) is 6.07 Å². The summed E-state index contributed by atoms with van der Waals surface area (Å²) in [6.07, 6.45) is 1.34. The minimum Gasteiger partial charge on any atom is -0.495 e. The van der Waals surface area contributed by atoms with Gasteiger partial charge in [0.25, 0.3) is 0 Å². The van der Waals surface area contributed by atoms with Gasteiger partial charge in [-0.25, -0.2) is 0 Å². The van der Waals surface area contributed by atoms with Gasteiger partial charge in [-0.15, -0.1) is 0 Å². The molecule has 0 saturated heterocycles. The zero-order valence-electron chi connectivity index (χ0n) is 8.49. The number of allylic oxidation sites excluding steroid dienone is 1. The maximum Gasteiger partial charge on any atom is 0.145 e. The standard InChI is InChI=1S/C11H8BrN3O/c1-16-11-4-9(12)2-3-10(11)15-7-8(5-13)6-14/h2-4,7,15H,1H3. The molecule has 1 aromatic carbocycles. The quantitative estimate of drug-likeness (QED) is 0.863. The van der Waals surface area contributed by atoms with Gasteiger partial charge in [-0.3, -0.25) is 0 Å². The fourth-order valence-corrected chi connectivity index (χ4v) is 1.36. The van der Waals surface area contributed by atoms with Gasteiger partial charge in [0.2, 0.25) is 0 Å². The summed E-state index contributed by atoms with van der Waals surface area (Å²) in [5, 5.41) is 20.0. The highest BCUT2D eigenvalue weighted by Gasteiger charge is 2.02. The second-order valence-electron chi connectivity index (χ2n) is 2.77. The maximum atomic E-state index is 8.56. The number of ether oxygens (including phenoxy) is 1. The smallest absolute Gasteiger partial charge is 0.145 e. The average molecular weight is 278 g/mol. The third-order valence-corrected chi connectivity index (χ3v) is 2.27. The SMILES string of the molecule is COc1cc(Br)ccc1NC=C(C#N)C#N. The highest BCUT2D eigenvalue weighted by molar-refractivity contribution is 9.10. The van der Waals surface area contributed by atoms with Crippen LogP contribution in [0.2, 0.25) is 0 Å². The van der Waals surface area contributed by atoms with E-state index in [1.54, 1.807) is 31.4 Å². The summed E-state index contributed by atoms with van der Waals surface area (Å²) in [6, 6.07) is 8.92. The Kier molecular flexibility index (Phi) is 4.38. The molecular weight excluding hydrogens is 270 g/mol. The number of halogens is 1. The van der Waals surface area contributed by atoms with Crippen LogP contribution in [0.4, 0.5) is 5.69 Å². The molecule has 0 aliphatic heterocycles. The number of rotatable bonds is 3. The molecule has 0 radical (unpaired) electrons. The molecule has 0 saturated carbocycles. The number of benzene rings is 1. The molecule has 0 unspecified atom stereocenters. The van der Waals surface area contributed by atoms with Gasteiger partial charge in [0.05, 0.1) is 12.8 Å². The molecule has 0 amide bonds. The molecule has 1 rings (SSSR count). The number of anilines is 1. The first-order chi connectivity index (χ1) is 7.71. The van der Waals surface area contributed by atoms with Gasteiger partial charge in [-0.2, -0.15) is 10.5 Å². The number of hydrogen-bond acceptors (Lipinski definition) is 4. The lowest BCUT2D eigenvalue weighted by molar-refractivity contribution is 0.416. The van der Waals surface area contributed by atoms with Gasteiger partial charge in [-0.05, 0) is 18.2 Å². The summed E-state index contributed by atoms with van der Waals surface area (Å²) in [5.41, 5.74) is 0.693. The second kappa shape index (κ2) is 5.79. The van der Waals surface area contributed by atoms with Crippen LogP contribution in [0.5, 0.6) is 5.75 Å². The van der Waals surface area contributed by atoms with Crippen LogP contribution in [0.25, 0.3) is 0 Å². The highest BCUT2D eigenvalue weighted by Crippen LogP contribution is 2.27. The first-order valence-electron chi connectivity index (χ1n) is 4.31. The van der Waals surface area contributed by atoms with Crippen molar-refractivity contribution in [1.29, 1.82) is 10.5 Å². The van der Waals surface area contributed by atoms with Crippen molar-refractivity contribution in [2.24, 2.45) is 0 Å². The summed E-state index contributed by atoms with van der Waals surface area (Å²) in [4.78, 5) is 0. The Morgan fingerprint density at radius 3 is 2.69 bits per heavy atom. The Labute approximate surface area is 102 Å². The molecule has 4 nitrogen and oxygen atoms in total. The van der Waals surface area contributed by atoms with E-state index in [4.69, 9.17) is 15.3 Å². The Balaban J connectivity index is 2.95. The Morgan fingerprint density at radius 2 is 2.12 bits per heavy atom. The van der Waals surface area contributed by atoms with E-state index in [2.05, 4.69) is 21.2 Å². The summed E-state index contributed by atoms with van der Waals surface area (Å²) >= 11 is 3.32. The van der Waals surface area contributed by atoms with Crippen LogP contribution in [0.15, 0.2) is 34.4 Å². The predicted octanol–water partition coefficient (Wildman–Crippen LogP) is 2.80. The molecule has 0 bridgehead atoms. The first kappa shape index (κ1) is 12.1. The van der Waals surface area contributed by atoms with E-state index >= 15 is 0 Å². The van der Waals surface area contributed by atoms with Gasteiger partial charge >= 0.3 is 0 Å². The largest absolute Gasteiger partial charge is 0.495 e. The minimum absolute atomic E-state index is 0.00460. The lowest BCUT2D eigenvalue weighted by Gasteiger charge is -2.08. The molecule has 0 aliphatic rings. The van der Waals surface area contributed by atoms with Crippen molar-refractivity contribution in [3.63, 3.8) is 0 Å².